The molecule has 0 atom stereocenters. The first kappa shape index (κ1) is 23.2. The van der Waals surface area contributed by atoms with Gasteiger partial charge in [0.2, 0.25) is 0 Å². The van der Waals surface area contributed by atoms with E-state index < -0.39 is 30.4 Å². The van der Waals surface area contributed by atoms with Crippen LogP contribution in [-0.2, 0) is 19.0 Å². The Morgan fingerprint density at radius 1 is 0.774 bits per heavy atom. The first-order chi connectivity index (χ1) is 14.8. The molecular weight excluding hydrogens is 410 g/mol. The van der Waals surface area contributed by atoms with Gasteiger partial charge in [-0.15, -0.1) is 0 Å². The Morgan fingerprint density at radius 3 is 2.06 bits per heavy atom. The van der Waals surface area contributed by atoms with Crippen LogP contribution in [0.4, 0.5) is 5.69 Å². The lowest BCUT2D eigenvalue weighted by atomic mass is 10.1. The minimum Gasteiger partial charge on any atom is -0.497 e. The van der Waals surface area contributed by atoms with Crippen LogP contribution >= 0.6 is 0 Å². The fourth-order valence-electron chi connectivity index (χ4n) is 2.54. The summed E-state index contributed by atoms with van der Waals surface area (Å²) in [6, 6.07) is 8.39. The minimum atomic E-state index is -0.800. The van der Waals surface area contributed by atoms with Crippen molar-refractivity contribution in [2.45, 2.75) is 0 Å². The highest BCUT2D eigenvalue weighted by Crippen LogP contribution is 2.25. The summed E-state index contributed by atoms with van der Waals surface area (Å²) < 4.78 is 24.5. The number of hydrogen-bond acceptors (Lipinski definition) is 9. The molecule has 0 spiro atoms. The average Bonchev–Trinajstić information content (AvgIpc) is 2.80. The van der Waals surface area contributed by atoms with Gasteiger partial charge in [-0.05, 0) is 30.3 Å². The molecule has 0 aliphatic carbocycles. The smallest absolute Gasteiger partial charge is 0.342 e. The van der Waals surface area contributed by atoms with Crippen LogP contribution in [0.2, 0.25) is 0 Å². The SMILES string of the molecule is COC(=O)c1ccc(C(=O)OC)c(NC(=O)COC(=O)c2ccc(OC)cc2OC)c1. The topological polar surface area (TPSA) is 126 Å². The van der Waals surface area contributed by atoms with Gasteiger partial charge in [-0.2, -0.15) is 0 Å². The Kier molecular flexibility index (Phi) is 7.95. The number of esters is 3. The van der Waals surface area contributed by atoms with E-state index in [1.807, 2.05) is 0 Å². The maximum Gasteiger partial charge on any atom is 0.342 e. The molecule has 0 saturated heterocycles. The molecule has 0 radical (unpaired) electrons. The number of benzene rings is 2. The highest BCUT2D eigenvalue weighted by Gasteiger charge is 2.19. The van der Waals surface area contributed by atoms with E-state index in [0.29, 0.717) is 5.75 Å². The van der Waals surface area contributed by atoms with Gasteiger partial charge in [0.05, 0.1) is 45.3 Å². The molecule has 0 unspecified atom stereocenters. The summed E-state index contributed by atoms with van der Waals surface area (Å²) in [5.74, 6) is -2.24. The molecule has 1 N–H and O–H groups in total. The summed E-state index contributed by atoms with van der Waals surface area (Å²) in [5.41, 5.74) is 0.203. The number of anilines is 1. The van der Waals surface area contributed by atoms with Crippen molar-refractivity contribution < 1.29 is 42.9 Å². The molecule has 10 nitrogen and oxygen atoms in total. The van der Waals surface area contributed by atoms with Crippen molar-refractivity contribution in [1.82, 2.24) is 0 Å². The van der Waals surface area contributed by atoms with Crippen LogP contribution in [0, 0.1) is 0 Å². The normalized spacial score (nSPS) is 9.94. The van der Waals surface area contributed by atoms with Gasteiger partial charge in [-0.25, -0.2) is 14.4 Å². The fraction of sp³-hybridized carbons (Fsp3) is 0.238. The van der Waals surface area contributed by atoms with E-state index in [9.17, 15) is 19.2 Å². The number of nitrogens with one attached hydrogen (secondary N) is 1. The zero-order chi connectivity index (χ0) is 23.0. The van der Waals surface area contributed by atoms with Crippen molar-refractivity contribution >= 4 is 29.5 Å². The number of ether oxygens (including phenoxy) is 5. The molecule has 0 saturated carbocycles. The second kappa shape index (κ2) is 10.6. The van der Waals surface area contributed by atoms with E-state index in [2.05, 4.69) is 14.8 Å². The Labute approximate surface area is 178 Å². The minimum absolute atomic E-state index is 0.00201. The summed E-state index contributed by atoms with van der Waals surface area (Å²) in [4.78, 5) is 48.3. The zero-order valence-electron chi connectivity index (χ0n) is 17.3. The van der Waals surface area contributed by atoms with Crippen molar-refractivity contribution in [3.63, 3.8) is 0 Å². The van der Waals surface area contributed by atoms with E-state index in [4.69, 9.17) is 14.2 Å². The lowest BCUT2D eigenvalue weighted by molar-refractivity contribution is -0.119. The maximum atomic E-state index is 12.3. The second-order valence-electron chi connectivity index (χ2n) is 5.93. The number of rotatable bonds is 8. The van der Waals surface area contributed by atoms with E-state index >= 15 is 0 Å². The lowest BCUT2D eigenvalue weighted by Crippen LogP contribution is -2.23. The Balaban J connectivity index is 2.14. The second-order valence-corrected chi connectivity index (χ2v) is 5.93. The molecule has 0 aliphatic heterocycles. The van der Waals surface area contributed by atoms with Crippen LogP contribution in [0.1, 0.15) is 31.1 Å². The summed E-state index contributed by atoms with van der Waals surface area (Å²) in [7, 11) is 5.21. The van der Waals surface area contributed by atoms with E-state index in [1.165, 1.54) is 58.8 Å². The van der Waals surface area contributed by atoms with E-state index in [-0.39, 0.29) is 28.1 Å². The van der Waals surface area contributed by atoms with E-state index in [0.717, 1.165) is 0 Å². The molecule has 31 heavy (non-hydrogen) atoms. The molecule has 0 heterocycles. The van der Waals surface area contributed by atoms with Crippen molar-refractivity contribution in [2.75, 3.05) is 40.4 Å². The van der Waals surface area contributed by atoms with Crippen LogP contribution in [0.5, 0.6) is 11.5 Å². The third-order valence-corrected chi connectivity index (χ3v) is 4.08. The summed E-state index contributed by atoms with van der Waals surface area (Å²) in [6.45, 7) is -0.656. The Hall–Kier alpha value is -4.08. The van der Waals surface area contributed by atoms with Crippen molar-refractivity contribution in [2.24, 2.45) is 0 Å². The van der Waals surface area contributed by atoms with Crippen LogP contribution in [0.15, 0.2) is 36.4 Å². The van der Waals surface area contributed by atoms with Crippen LogP contribution in [0.3, 0.4) is 0 Å². The van der Waals surface area contributed by atoms with Gasteiger partial charge < -0.3 is 29.0 Å². The molecule has 0 aromatic heterocycles. The van der Waals surface area contributed by atoms with Gasteiger partial charge in [0, 0.05) is 6.07 Å². The molecule has 2 aromatic carbocycles. The summed E-state index contributed by atoms with van der Waals surface area (Å²) in [5, 5.41) is 2.42. The van der Waals surface area contributed by atoms with E-state index in [1.54, 1.807) is 6.07 Å². The fourth-order valence-corrected chi connectivity index (χ4v) is 2.54. The predicted molar refractivity (Wildman–Crippen MR) is 108 cm³/mol. The summed E-state index contributed by atoms with van der Waals surface area (Å²) >= 11 is 0. The highest BCUT2D eigenvalue weighted by molar-refractivity contribution is 6.04. The standard InChI is InChI=1S/C21H21NO9/c1-27-13-6-8-15(17(10-13)28-2)21(26)31-11-18(23)22-16-9-12(19(24)29-3)5-7-14(16)20(25)30-4/h5-10H,11H2,1-4H3,(H,22,23). The Morgan fingerprint density at radius 2 is 1.45 bits per heavy atom. The van der Waals surface area contributed by atoms with Gasteiger partial charge in [0.15, 0.2) is 6.61 Å². The van der Waals surface area contributed by atoms with Gasteiger partial charge in [-0.3, -0.25) is 4.79 Å². The number of hydrogen-bond donors (Lipinski definition) is 1. The first-order valence-electron chi connectivity index (χ1n) is 8.84. The summed E-state index contributed by atoms with van der Waals surface area (Å²) in [6.07, 6.45) is 0. The molecule has 0 aliphatic rings. The molecule has 2 rings (SSSR count). The van der Waals surface area contributed by atoms with Crippen molar-refractivity contribution in [1.29, 1.82) is 0 Å². The largest absolute Gasteiger partial charge is 0.497 e. The van der Waals surface area contributed by atoms with Crippen molar-refractivity contribution in [3.8, 4) is 11.5 Å². The van der Waals surface area contributed by atoms with Crippen LogP contribution < -0.4 is 14.8 Å². The molecule has 1 amide bonds. The van der Waals surface area contributed by atoms with Gasteiger partial charge in [0.25, 0.3) is 5.91 Å². The first-order valence-corrected chi connectivity index (χ1v) is 8.84. The lowest BCUT2D eigenvalue weighted by Gasteiger charge is -2.12. The number of methoxy groups -OCH3 is 4. The maximum absolute atomic E-state index is 12.3. The molecular formula is C21H21NO9. The van der Waals surface area contributed by atoms with Gasteiger partial charge in [0.1, 0.15) is 17.1 Å². The van der Waals surface area contributed by atoms with Gasteiger partial charge in [-0.1, -0.05) is 0 Å². The zero-order valence-corrected chi connectivity index (χ0v) is 17.3. The number of carbonyl (C=O) groups excluding carboxylic acids is 4. The van der Waals surface area contributed by atoms with Gasteiger partial charge >= 0.3 is 17.9 Å². The molecule has 0 bridgehead atoms. The molecule has 164 valence electrons. The average molecular weight is 431 g/mol. The third kappa shape index (κ3) is 5.72. The highest BCUT2D eigenvalue weighted by atomic mass is 16.5. The van der Waals surface area contributed by atoms with Crippen molar-refractivity contribution in [3.05, 3.63) is 53.1 Å². The van der Waals surface area contributed by atoms with Crippen LogP contribution in [-0.4, -0.2) is 58.9 Å². The third-order valence-electron chi connectivity index (χ3n) is 4.08. The molecule has 2 aromatic rings. The van der Waals surface area contributed by atoms with Crippen LogP contribution in [0.25, 0.3) is 0 Å². The predicted octanol–water partition coefficient (Wildman–Crippen LogP) is 2.07. The monoisotopic (exact) mass is 431 g/mol. The molecule has 10 heteroatoms. The number of amides is 1. The number of carbonyl (C=O) groups is 4. The molecule has 0 fully saturated rings. The quantitative estimate of drug-likeness (QED) is 0.494. The Bertz CT molecular complexity index is 1000.